The second-order valence-corrected chi connectivity index (χ2v) is 4.79. The predicted octanol–water partition coefficient (Wildman–Crippen LogP) is 3.39. The Morgan fingerprint density at radius 3 is 2.80 bits per heavy atom. The first kappa shape index (κ1) is 10.8. The van der Waals surface area contributed by atoms with Gasteiger partial charge in [0, 0.05) is 15.5 Å². The first-order chi connectivity index (χ1) is 7.15. The van der Waals surface area contributed by atoms with E-state index in [4.69, 9.17) is 11.6 Å². The SMILES string of the molecule is O=C(Nc1ccc(Cl)cc1Br)NC1CC1. The summed E-state index contributed by atoms with van der Waals surface area (Å²) in [7, 11) is 0. The number of hydrogen-bond donors (Lipinski definition) is 2. The molecule has 0 aliphatic heterocycles. The standard InChI is InChI=1S/C10H10BrClN2O/c11-8-5-6(12)1-4-9(8)14-10(15)13-7-2-3-7/h1,4-5,7H,2-3H2,(H2,13,14,15). The molecule has 0 atom stereocenters. The van der Waals surface area contributed by atoms with Gasteiger partial charge in [-0.2, -0.15) is 0 Å². The normalized spacial score (nSPS) is 14.8. The van der Waals surface area contributed by atoms with Crippen LogP contribution in [0.25, 0.3) is 0 Å². The van der Waals surface area contributed by atoms with Crippen molar-refractivity contribution in [3.63, 3.8) is 0 Å². The lowest BCUT2D eigenvalue weighted by Crippen LogP contribution is -2.30. The maximum absolute atomic E-state index is 11.4. The zero-order valence-electron chi connectivity index (χ0n) is 7.89. The zero-order valence-corrected chi connectivity index (χ0v) is 10.2. The quantitative estimate of drug-likeness (QED) is 0.861. The molecule has 0 saturated heterocycles. The monoisotopic (exact) mass is 288 g/mol. The van der Waals surface area contributed by atoms with Gasteiger partial charge in [0.15, 0.2) is 0 Å². The Hall–Kier alpha value is -0.740. The van der Waals surface area contributed by atoms with E-state index in [1.807, 2.05) is 0 Å². The fourth-order valence-corrected chi connectivity index (χ4v) is 1.94. The number of anilines is 1. The minimum absolute atomic E-state index is 0.166. The number of urea groups is 1. The van der Waals surface area contributed by atoms with Crippen LogP contribution in [0.2, 0.25) is 5.02 Å². The van der Waals surface area contributed by atoms with E-state index in [1.54, 1.807) is 18.2 Å². The van der Waals surface area contributed by atoms with Gasteiger partial charge in [-0.3, -0.25) is 0 Å². The van der Waals surface area contributed by atoms with E-state index in [-0.39, 0.29) is 6.03 Å². The third-order valence-electron chi connectivity index (χ3n) is 2.09. The summed E-state index contributed by atoms with van der Waals surface area (Å²) in [5.41, 5.74) is 0.720. The largest absolute Gasteiger partial charge is 0.335 e. The van der Waals surface area contributed by atoms with Crippen LogP contribution in [0.15, 0.2) is 22.7 Å². The maximum Gasteiger partial charge on any atom is 0.319 e. The summed E-state index contributed by atoms with van der Waals surface area (Å²) in [6.07, 6.45) is 2.16. The number of halogens is 2. The second kappa shape index (κ2) is 4.41. The van der Waals surface area contributed by atoms with Gasteiger partial charge in [0.1, 0.15) is 0 Å². The van der Waals surface area contributed by atoms with Gasteiger partial charge in [0.05, 0.1) is 5.69 Å². The summed E-state index contributed by atoms with van der Waals surface area (Å²) in [6, 6.07) is 5.43. The van der Waals surface area contributed by atoms with E-state index < -0.39 is 0 Å². The molecule has 5 heteroatoms. The Kier molecular flexibility index (Phi) is 3.17. The fraction of sp³-hybridized carbons (Fsp3) is 0.300. The molecule has 0 unspecified atom stereocenters. The van der Waals surface area contributed by atoms with E-state index in [2.05, 4.69) is 26.6 Å². The minimum Gasteiger partial charge on any atom is -0.335 e. The van der Waals surface area contributed by atoms with Crippen LogP contribution in [0.5, 0.6) is 0 Å². The van der Waals surface area contributed by atoms with Crippen LogP contribution in [0, 0.1) is 0 Å². The number of carbonyl (C=O) groups excluding carboxylic acids is 1. The molecule has 80 valence electrons. The molecule has 0 radical (unpaired) electrons. The number of benzene rings is 1. The van der Waals surface area contributed by atoms with Crippen LogP contribution >= 0.6 is 27.5 Å². The lowest BCUT2D eigenvalue weighted by Gasteiger charge is -2.08. The number of carbonyl (C=O) groups is 1. The summed E-state index contributed by atoms with van der Waals surface area (Å²) in [4.78, 5) is 11.4. The van der Waals surface area contributed by atoms with Gasteiger partial charge in [0.2, 0.25) is 0 Å². The molecule has 0 spiro atoms. The third-order valence-corrected chi connectivity index (χ3v) is 2.98. The fourth-order valence-electron chi connectivity index (χ4n) is 1.16. The molecule has 0 aromatic heterocycles. The van der Waals surface area contributed by atoms with Crippen molar-refractivity contribution >= 4 is 39.2 Å². The Labute approximate surface area is 101 Å². The molecule has 1 aromatic carbocycles. The molecule has 2 rings (SSSR count). The average molecular weight is 290 g/mol. The smallest absolute Gasteiger partial charge is 0.319 e. The molecule has 0 heterocycles. The van der Waals surface area contributed by atoms with Gasteiger partial charge in [-0.1, -0.05) is 11.6 Å². The van der Waals surface area contributed by atoms with Gasteiger partial charge in [-0.15, -0.1) is 0 Å². The molecule has 3 nitrogen and oxygen atoms in total. The zero-order chi connectivity index (χ0) is 10.8. The van der Waals surface area contributed by atoms with E-state index >= 15 is 0 Å². The van der Waals surface area contributed by atoms with Crippen molar-refractivity contribution in [3.05, 3.63) is 27.7 Å². The Morgan fingerprint density at radius 2 is 2.20 bits per heavy atom. The minimum atomic E-state index is -0.166. The number of nitrogens with one attached hydrogen (secondary N) is 2. The molecule has 1 saturated carbocycles. The predicted molar refractivity (Wildman–Crippen MR) is 64.3 cm³/mol. The van der Waals surface area contributed by atoms with Crippen molar-refractivity contribution in [2.75, 3.05) is 5.32 Å². The van der Waals surface area contributed by atoms with Crippen molar-refractivity contribution in [1.29, 1.82) is 0 Å². The lowest BCUT2D eigenvalue weighted by atomic mass is 10.3. The summed E-state index contributed by atoms with van der Waals surface area (Å²) in [6.45, 7) is 0. The highest BCUT2D eigenvalue weighted by molar-refractivity contribution is 9.10. The topological polar surface area (TPSA) is 41.1 Å². The van der Waals surface area contributed by atoms with Crippen molar-refractivity contribution in [3.8, 4) is 0 Å². The Morgan fingerprint density at radius 1 is 1.47 bits per heavy atom. The van der Waals surface area contributed by atoms with Crippen molar-refractivity contribution in [2.45, 2.75) is 18.9 Å². The first-order valence-electron chi connectivity index (χ1n) is 4.68. The van der Waals surface area contributed by atoms with E-state index in [9.17, 15) is 4.79 Å². The van der Waals surface area contributed by atoms with Crippen molar-refractivity contribution in [2.24, 2.45) is 0 Å². The number of hydrogen-bond acceptors (Lipinski definition) is 1. The molecule has 1 aliphatic carbocycles. The van der Waals surface area contributed by atoms with Crippen LogP contribution in [-0.4, -0.2) is 12.1 Å². The van der Waals surface area contributed by atoms with Gasteiger partial charge in [-0.25, -0.2) is 4.79 Å². The highest BCUT2D eigenvalue weighted by atomic mass is 79.9. The highest BCUT2D eigenvalue weighted by Gasteiger charge is 2.23. The number of amides is 2. The van der Waals surface area contributed by atoms with E-state index in [0.29, 0.717) is 11.1 Å². The molecule has 0 bridgehead atoms. The summed E-state index contributed by atoms with van der Waals surface area (Å²) in [5.74, 6) is 0. The molecule has 1 fully saturated rings. The maximum atomic E-state index is 11.4. The van der Waals surface area contributed by atoms with E-state index in [0.717, 1.165) is 23.0 Å². The van der Waals surface area contributed by atoms with Crippen LogP contribution in [0.4, 0.5) is 10.5 Å². The second-order valence-electron chi connectivity index (χ2n) is 3.50. The third kappa shape index (κ3) is 3.11. The molecule has 2 amide bonds. The van der Waals surface area contributed by atoms with Crippen LogP contribution < -0.4 is 10.6 Å². The van der Waals surface area contributed by atoms with Crippen molar-refractivity contribution < 1.29 is 4.79 Å². The molecule has 15 heavy (non-hydrogen) atoms. The van der Waals surface area contributed by atoms with Crippen LogP contribution in [-0.2, 0) is 0 Å². The Balaban J connectivity index is 1.99. The van der Waals surface area contributed by atoms with Crippen LogP contribution in [0.1, 0.15) is 12.8 Å². The first-order valence-corrected chi connectivity index (χ1v) is 5.85. The van der Waals surface area contributed by atoms with Gasteiger partial charge in [-0.05, 0) is 47.0 Å². The molecular formula is C10H10BrClN2O. The highest BCUT2D eigenvalue weighted by Crippen LogP contribution is 2.26. The Bertz CT molecular complexity index is 393. The molecule has 2 N–H and O–H groups in total. The summed E-state index contributed by atoms with van der Waals surface area (Å²) >= 11 is 9.12. The summed E-state index contributed by atoms with van der Waals surface area (Å²) in [5, 5.41) is 6.23. The van der Waals surface area contributed by atoms with Gasteiger partial charge >= 0.3 is 6.03 Å². The molecular weight excluding hydrogens is 279 g/mol. The average Bonchev–Trinajstić information content (AvgIpc) is 2.94. The molecule has 1 aliphatic rings. The van der Waals surface area contributed by atoms with Crippen molar-refractivity contribution in [1.82, 2.24) is 5.32 Å². The van der Waals surface area contributed by atoms with Gasteiger partial charge in [0.25, 0.3) is 0 Å². The molecule has 1 aromatic rings. The lowest BCUT2D eigenvalue weighted by molar-refractivity contribution is 0.251. The van der Waals surface area contributed by atoms with E-state index in [1.165, 1.54) is 0 Å². The van der Waals surface area contributed by atoms with Crippen LogP contribution in [0.3, 0.4) is 0 Å². The summed E-state index contributed by atoms with van der Waals surface area (Å²) < 4.78 is 0.779. The number of rotatable bonds is 2. The van der Waals surface area contributed by atoms with Gasteiger partial charge < -0.3 is 10.6 Å².